The van der Waals surface area contributed by atoms with E-state index in [1.165, 1.54) is 0 Å². The molecule has 1 aliphatic rings. The number of halogens is 1. The first-order chi connectivity index (χ1) is 13.6. The summed E-state index contributed by atoms with van der Waals surface area (Å²) in [4.78, 5) is 15.0. The van der Waals surface area contributed by atoms with Crippen molar-refractivity contribution in [2.24, 2.45) is 0 Å². The van der Waals surface area contributed by atoms with E-state index in [-0.39, 0.29) is 18.7 Å². The van der Waals surface area contributed by atoms with Crippen LogP contribution in [0.15, 0.2) is 36.4 Å². The van der Waals surface area contributed by atoms with Crippen LogP contribution in [0.2, 0.25) is 5.02 Å². The summed E-state index contributed by atoms with van der Waals surface area (Å²) in [6, 6.07) is 11.2. The van der Waals surface area contributed by atoms with Crippen LogP contribution in [0.1, 0.15) is 35.8 Å². The second-order valence-electron chi connectivity index (χ2n) is 6.42. The SMILES string of the molecule is CCN(CC)C(CNC(=O)c1cc(Cl)c2c(c1)OCO2)c1cccc(OC)c1. The number of ether oxygens (including phenoxy) is 3. The van der Waals surface area contributed by atoms with Crippen LogP contribution >= 0.6 is 11.6 Å². The predicted octanol–water partition coefficient (Wildman–Crippen LogP) is 3.89. The number of carbonyl (C=O) groups excluding carboxylic acids is 1. The molecule has 0 radical (unpaired) electrons. The highest BCUT2D eigenvalue weighted by Crippen LogP contribution is 2.39. The Morgan fingerprint density at radius 3 is 2.75 bits per heavy atom. The number of carbonyl (C=O) groups is 1. The van der Waals surface area contributed by atoms with Crippen molar-refractivity contribution in [3.8, 4) is 17.2 Å². The summed E-state index contributed by atoms with van der Waals surface area (Å²) >= 11 is 6.20. The molecule has 1 aliphatic heterocycles. The lowest BCUT2D eigenvalue weighted by Gasteiger charge is -2.30. The third kappa shape index (κ3) is 4.34. The van der Waals surface area contributed by atoms with Gasteiger partial charge in [0.15, 0.2) is 11.5 Å². The molecule has 28 heavy (non-hydrogen) atoms. The van der Waals surface area contributed by atoms with E-state index in [1.54, 1.807) is 19.2 Å². The quantitative estimate of drug-likeness (QED) is 0.723. The summed E-state index contributed by atoms with van der Waals surface area (Å²) in [5.41, 5.74) is 1.53. The first-order valence-corrected chi connectivity index (χ1v) is 9.70. The Bertz CT molecular complexity index is 839. The molecule has 7 heteroatoms. The Hall–Kier alpha value is -2.44. The van der Waals surface area contributed by atoms with Crippen LogP contribution in [0.5, 0.6) is 17.2 Å². The van der Waals surface area contributed by atoms with Crippen molar-refractivity contribution in [2.45, 2.75) is 19.9 Å². The molecule has 0 fully saturated rings. The zero-order valence-corrected chi connectivity index (χ0v) is 17.1. The number of nitrogens with one attached hydrogen (secondary N) is 1. The van der Waals surface area contributed by atoms with Crippen molar-refractivity contribution in [3.63, 3.8) is 0 Å². The van der Waals surface area contributed by atoms with E-state index in [4.69, 9.17) is 25.8 Å². The molecular formula is C21H25ClN2O4. The summed E-state index contributed by atoms with van der Waals surface area (Å²) in [7, 11) is 1.65. The molecule has 2 aromatic rings. The molecule has 6 nitrogen and oxygen atoms in total. The maximum absolute atomic E-state index is 12.7. The van der Waals surface area contributed by atoms with Crippen LogP contribution in [0.4, 0.5) is 0 Å². The molecule has 0 saturated heterocycles. The summed E-state index contributed by atoms with van der Waals surface area (Å²) in [5.74, 6) is 1.56. The Labute approximate surface area is 170 Å². The van der Waals surface area contributed by atoms with Crippen LogP contribution in [0.3, 0.4) is 0 Å². The lowest BCUT2D eigenvalue weighted by Crippen LogP contribution is -2.38. The molecule has 0 saturated carbocycles. The zero-order valence-electron chi connectivity index (χ0n) is 16.3. The third-order valence-electron chi connectivity index (χ3n) is 4.88. The smallest absolute Gasteiger partial charge is 0.251 e. The van der Waals surface area contributed by atoms with Crippen LogP contribution < -0.4 is 19.5 Å². The lowest BCUT2D eigenvalue weighted by molar-refractivity contribution is 0.0934. The maximum atomic E-state index is 12.7. The summed E-state index contributed by atoms with van der Waals surface area (Å²) in [5, 5.41) is 3.39. The highest BCUT2D eigenvalue weighted by molar-refractivity contribution is 6.32. The standard InChI is InChI=1S/C21H25ClN2O4/c1-4-24(5-2)18(14-7-6-8-16(9-14)26-3)12-23-21(25)15-10-17(22)20-19(11-15)27-13-28-20/h6-11,18H,4-5,12-13H2,1-3H3,(H,23,25). The second kappa shape index (κ2) is 9.17. The zero-order chi connectivity index (χ0) is 20.1. The van der Waals surface area contributed by atoms with Crippen LogP contribution in [-0.2, 0) is 0 Å². The molecule has 0 aromatic heterocycles. The number of methoxy groups -OCH3 is 1. The number of hydrogen-bond donors (Lipinski definition) is 1. The van der Waals surface area contributed by atoms with Gasteiger partial charge in [0.2, 0.25) is 6.79 Å². The molecule has 1 atom stereocenters. The Balaban J connectivity index is 1.78. The van der Waals surface area contributed by atoms with Crippen molar-refractivity contribution in [1.82, 2.24) is 10.2 Å². The minimum Gasteiger partial charge on any atom is -0.497 e. The van der Waals surface area contributed by atoms with Gasteiger partial charge in [0, 0.05) is 12.1 Å². The molecule has 2 aromatic carbocycles. The fourth-order valence-electron chi connectivity index (χ4n) is 3.36. The molecule has 1 unspecified atom stereocenters. The Morgan fingerprint density at radius 1 is 1.25 bits per heavy atom. The molecule has 0 bridgehead atoms. The van der Waals surface area contributed by atoms with Crippen molar-refractivity contribution in [3.05, 3.63) is 52.5 Å². The van der Waals surface area contributed by atoms with E-state index in [0.29, 0.717) is 28.6 Å². The van der Waals surface area contributed by atoms with Gasteiger partial charge in [-0.05, 0) is 42.9 Å². The number of fused-ring (bicyclic) bond motifs is 1. The van der Waals surface area contributed by atoms with Gasteiger partial charge in [-0.1, -0.05) is 37.6 Å². The molecule has 150 valence electrons. The number of rotatable bonds is 8. The lowest BCUT2D eigenvalue weighted by atomic mass is 10.0. The fourth-order valence-corrected chi connectivity index (χ4v) is 3.63. The monoisotopic (exact) mass is 404 g/mol. The number of hydrogen-bond acceptors (Lipinski definition) is 5. The first kappa shape index (κ1) is 20.3. The number of nitrogens with zero attached hydrogens (tertiary/aromatic N) is 1. The van der Waals surface area contributed by atoms with Gasteiger partial charge in [0.05, 0.1) is 18.2 Å². The second-order valence-corrected chi connectivity index (χ2v) is 6.82. The van der Waals surface area contributed by atoms with Gasteiger partial charge < -0.3 is 19.5 Å². The molecule has 1 N–H and O–H groups in total. The van der Waals surface area contributed by atoms with E-state index in [9.17, 15) is 4.79 Å². The van der Waals surface area contributed by atoms with Crippen molar-refractivity contribution in [2.75, 3.05) is 33.5 Å². The number of likely N-dealkylation sites (N-methyl/N-ethyl adjacent to an activating group) is 1. The van der Waals surface area contributed by atoms with Crippen molar-refractivity contribution < 1.29 is 19.0 Å². The van der Waals surface area contributed by atoms with E-state index in [2.05, 4.69) is 30.1 Å². The van der Waals surface area contributed by atoms with Crippen molar-refractivity contribution in [1.29, 1.82) is 0 Å². The van der Waals surface area contributed by atoms with Crippen LogP contribution in [-0.4, -0.2) is 44.3 Å². The maximum Gasteiger partial charge on any atom is 0.251 e. The fraction of sp³-hybridized carbons (Fsp3) is 0.381. The molecular weight excluding hydrogens is 380 g/mol. The minimum absolute atomic E-state index is 0.0264. The Morgan fingerprint density at radius 2 is 2.04 bits per heavy atom. The molecule has 0 spiro atoms. The van der Waals surface area contributed by atoms with Gasteiger partial charge in [-0.2, -0.15) is 0 Å². The summed E-state index contributed by atoms with van der Waals surface area (Å²) < 4.78 is 16.0. The van der Waals surface area contributed by atoms with Crippen LogP contribution in [0, 0.1) is 0 Å². The van der Waals surface area contributed by atoms with Gasteiger partial charge in [0.25, 0.3) is 5.91 Å². The largest absolute Gasteiger partial charge is 0.497 e. The summed E-state index contributed by atoms with van der Waals surface area (Å²) in [6.07, 6.45) is 0. The predicted molar refractivity (Wildman–Crippen MR) is 109 cm³/mol. The number of benzene rings is 2. The van der Waals surface area contributed by atoms with Crippen molar-refractivity contribution >= 4 is 17.5 Å². The molecule has 0 aliphatic carbocycles. The summed E-state index contributed by atoms with van der Waals surface area (Å²) in [6.45, 7) is 6.51. The van der Waals surface area contributed by atoms with Gasteiger partial charge >= 0.3 is 0 Å². The van der Waals surface area contributed by atoms with E-state index < -0.39 is 0 Å². The van der Waals surface area contributed by atoms with Gasteiger partial charge in [-0.25, -0.2) is 0 Å². The molecule has 1 heterocycles. The number of amides is 1. The first-order valence-electron chi connectivity index (χ1n) is 9.32. The average molecular weight is 405 g/mol. The van der Waals surface area contributed by atoms with E-state index in [1.807, 2.05) is 18.2 Å². The van der Waals surface area contributed by atoms with Gasteiger partial charge in [-0.15, -0.1) is 0 Å². The molecule has 1 amide bonds. The normalized spacial score (nSPS) is 13.5. The van der Waals surface area contributed by atoms with Crippen LogP contribution in [0.25, 0.3) is 0 Å². The van der Waals surface area contributed by atoms with E-state index in [0.717, 1.165) is 24.4 Å². The van der Waals surface area contributed by atoms with E-state index >= 15 is 0 Å². The highest BCUT2D eigenvalue weighted by atomic mass is 35.5. The topological polar surface area (TPSA) is 60.0 Å². The minimum atomic E-state index is -0.208. The highest BCUT2D eigenvalue weighted by Gasteiger charge is 2.23. The van der Waals surface area contributed by atoms with Gasteiger partial charge in [-0.3, -0.25) is 9.69 Å². The third-order valence-corrected chi connectivity index (χ3v) is 5.16. The average Bonchev–Trinajstić information content (AvgIpc) is 3.20. The molecule has 3 rings (SSSR count). The van der Waals surface area contributed by atoms with Gasteiger partial charge in [0.1, 0.15) is 5.75 Å². The Kier molecular flexibility index (Phi) is 6.65.